The van der Waals surface area contributed by atoms with Crippen molar-refractivity contribution in [2.75, 3.05) is 18.5 Å². The maximum Gasteiger partial charge on any atom is 0.255 e. The molecule has 1 amide bonds. The van der Waals surface area contributed by atoms with Crippen LogP contribution in [0.15, 0.2) is 48.9 Å². The van der Waals surface area contributed by atoms with E-state index in [1.807, 2.05) is 13.8 Å². The van der Waals surface area contributed by atoms with Crippen LogP contribution >= 0.6 is 11.6 Å². The molecule has 1 aliphatic rings. The van der Waals surface area contributed by atoms with E-state index in [9.17, 15) is 9.18 Å². The van der Waals surface area contributed by atoms with Gasteiger partial charge < -0.3 is 15.4 Å². The Kier molecular flexibility index (Phi) is 6.15. The van der Waals surface area contributed by atoms with Crippen LogP contribution in [0.2, 0.25) is 5.02 Å². The highest BCUT2D eigenvalue weighted by Gasteiger charge is 2.23. The molecule has 8 heteroatoms. The number of amides is 1. The van der Waals surface area contributed by atoms with Crippen LogP contribution in [0.3, 0.4) is 0 Å². The molecule has 6 nitrogen and oxygen atoms in total. The number of benzene rings is 1. The highest BCUT2D eigenvalue weighted by Crippen LogP contribution is 2.33. The Morgan fingerprint density at radius 1 is 1.19 bits per heavy atom. The van der Waals surface area contributed by atoms with Gasteiger partial charge in [-0.25, -0.2) is 4.39 Å². The maximum atomic E-state index is 14.4. The van der Waals surface area contributed by atoms with Crippen molar-refractivity contribution >= 4 is 28.9 Å². The van der Waals surface area contributed by atoms with Crippen LogP contribution in [0.1, 0.15) is 35.7 Å². The minimum atomic E-state index is -0.410. The van der Waals surface area contributed by atoms with Crippen molar-refractivity contribution in [1.29, 1.82) is 0 Å². The fraction of sp³-hybridized carbons (Fsp3) is 0.261. The monoisotopic (exact) mass is 440 g/mol. The number of carbonyl (C=O) groups excluding carboxylic acids is 1. The molecule has 1 aliphatic heterocycles. The molecule has 0 unspecified atom stereocenters. The molecule has 2 N–H and O–H groups in total. The molecule has 0 atom stereocenters. The van der Waals surface area contributed by atoms with Gasteiger partial charge in [0.15, 0.2) is 0 Å². The standard InChI is InChI=1S/C23H22ClFN4O2/c1-13(2)17-10-27-21(16-7-14(24)3-4-19(16)25)8-22(17)29-20-5-6-26-9-18(20)23(30)28-15-11-31-12-15/h3-10,13,15H,11-12H2,1-2H3,(H,28,30)(H,26,27,29). The summed E-state index contributed by atoms with van der Waals surface area (Å²) in [6, 6.07) is 7.87. The Hall–Kier alpha value is -3.03. The Bertz CT molecular complexity index is 1120. The Morgan fingerprint density at radius 3 is 2.71 bits per heavy atom. The molecule has 0 spiro atoms. The van der Waals surface area contributed by atoms with Gasteiger partial charge >= 0.3 is 0 Å². The van der Waals surface area contributed by atoms with Crippen LogP contribution in [0.4, 0.5) is 15.8 Å². The fourth-order valence-corrected chi connectivity index (χ4v) is 3.46. The number of ether oxygens (including phenoxy) is 1. The second-order valence-corrected chi connectivity index (χ2v) is 8.13. The molecule has 1 aromatic carbocycles. The third kappa shape index (κ3) is 4.68. The number of nitrogens with zero attached hydrogens (tertiary/aromatic N) is 2. The zero-order valence-corrected chi connectivity index (χ0v) is 17.9. The maximum absolute atomic E-state index is 14.4. The van der Waals surface area contributed by atoms with Gasteiger partial charge in [0, 0.05) is 34.9 Å². The number of halogens is 2. The highest BCUT2D eigenvalue weighted by atomic mass is 35.5. The second kappa shape index (κ2) is 8.99. The smallest absolute Gasteiger partial charge is 0.255 e. The molecule has 0 aliphatic carbocycles. The first-order valence-corrected chi connectivity index (χ1v) is 10.3. The summed E-state index contributed by atoms with van der Waals surface area (Å²) in [6.07, 6.45) is 4.85. The molecule has 4 rings (SSSR count). The van der Waals surface area contributed by atoms with Crippen LogP contribution in [-0.4, -0.2) is 35.1 Å². The number of anilines is 2. The first-order chi connectivity index (χ1) is 14.9. The average molecular weight is 441 g/mol. The van der Waals surface area contributed by atoms with Gasteiger partial charge in [0.05, 0.1) is 36.2 Å². The van der Waals surface area contributed by atoms with E-state index in [4.69, 9.17) is 16.3 Å². The fourth-order valence-electron chi connectivity index (χ4n) is 3.29. The first-order valence-electron chi connectivity index (χ1n) is 9.97. The predicted octanol–water partition coefficient (Wildman–Crippen LogP) is 4.93. The Morgan fingerprint density at radius 2 is 2.00 bits per heavy atom. The van der Waals surface area contributed by atoms with Gasteiger partial charge in [-0.1, -0.05) is 25.4 Å². The number of aromatic nitrogens is 2. The van der Waals surface area contributed by atoms with Crippen LogP contribution in [0.5, 0.6) is 0 Å². The van der Waals surface area contributed by atoms with Crippen LogP contribution < -0.4 is 10.6 Å². The van der Waals surface area contributed by atoms with E-state index in [0.717, 1.165) is 11.3 Å². The van der Waals surface area contributed by atoms with Crippen molar-refractivity contribution in [2.24, 2.45) is 0 Å². The summed E-state index contributed by atoms with van der Waals surface area (Å²) in [5.41, 5.74) is 3.42. The van der Waals surface area contributed by atoms with Crippen molar-refractivity contribution in [3.05, 3.63) is 70.9 Å². The van der Waals surface area contributed by atoms with Crippen molar-refractivity contribution < 1.29 is 13.9 Å². The predicted molar refractivity (Wildman–Crippen MR) is 118 cm³/mol. The van der Waals surface area contributed by atoms with Crippen LogP contribution in [0, 0.1) is 5.82 Å². The molecule has 160 valence electrons. The summed E-state index contributed by atoms with van der Waals surface area (Å²) in [7, 11) is 0. The lowest BCUT2D eigenvalue weighted by molar-refractivity contribution is -0.00345. The molecular weight excluding hydrogens is 419 g/mol. The summed E-state index contributed by atoms with van der Waals surface area (Å²) in [6.45, 7) is 5.09. The second-order valence-electron chi connectivity index (χ2n) is 7.69. The molecule has 1 fully saturated rings. The summed E-state index contributed by atoms with van der Waals surface area (Å²) in [5.74, 6) is -0.489. The molecule has 3 heterocycles. The van der Waals surface area contributed by atoms with E-state index in [0.29, 0.717) is 40.7 Å². The number of rotatable bonds is 6. The first kappa shape index (κ1) is 21.2. The zero-order chi connectivity index (χ0) is 22.0. The summed E-state index contributed by atoms with van der Waals surface area (Å²) in [4.78, 5) is 21.3. The van der Waals surface area contributed by atoms with Gasteiger partial charge in [-0.05, 0) is 41.8 Å². The molecule has 31 heavy (non-hydrogen) atoms. The van der Waals surface area contributed by atoms with Crippen molar-refractivity contribution in [3.8, 4) is 11.3 Å². The SMILES string of the molecule is CC(C)c1cnc(-c2cc(Cl)ccc2F)cc1Nc1ccncc1C(=O)NC1COC1. The van der Waals surface area contributed by atoms with E-state index >= 15 is 0 Å². The summed E-state index contributed by atoms with van der Waals surface area (Å²) >= 11 is 6.06. The average Bonchev–Trinajstić information content (AvgIpc) is 2.72. The quantitative estimate of drug-likeness (QED) is 0.568. The number of pyridine rings is 2. The van der Waals surface area contributed by atoms with Gasteiger partial charge in [-0.15, -0.1) is 0 Å². The molecule has 1 saturated heterocycles. The number of hydrogen-bond donors (Lipinski definition) is 2. The van der Waals surface area contributed by atoms with Gasteiger partial charge in [0.2, 0.25) is 0 Å². The summed E-state index contributed by atoms with van der Waals surface area (Å²) in [5, 5.41) is 6.68. The van der Waals surface area contributed by atoms with Gasteiger partial charge in [-0.3, -0.25) is 14.8 Å². The lowest BCUT2D eigenvalue weighted by atomic mass is 10.0. The Labute approximate surface area is 184 Å². The van der Waals surface area contributed by atoms with Crippen LogP contribution in [0.25, 0.3) is 11.3 Å². The van der Waals surface area contributed by atoms with Crippen molar-refractivity contribution in [1.82, 2.24) is 15.3 Å². The van der Waals surface area contributed by atoms with E-state index in [1.165, 1.54) is 18.3 Å². The van der Waals surface area contributed by atoms with E-state index in [-0.39, 0.29) is 17.9 Å². The van der Waals surface area contributed by atoms with Crippen molar-refractivity contribution in [2.45, 2.75) is 25.8 Å². The molecule has 0 bridgehead atoms. The summed E-state index contributed by atoms with van der Waals surface area (Å²) < 4.78 is 19.5. The van der Waals surface area contributed by atoms with E-state index < -0.39 is 5.82 Å². The van der Waals surface area contributed by atoms with Gasteiger partial charge in [-0.2, -0.15) is 0 Å². The van der Waals surface area contributed by atoms with E-state index in [2.05, 4.69) is 20.6 Å². The van der Waals surface area contributed by atoms with Crippen LogP contribution in [-0.2, 0) is 4.74 Å². The topological polar surface area (TPSA) is 76.1 Å². The van der Waals surface area contributed by atoms with Crippen molar-refractivity contribution in [3.63, 3.8) is 0 Å². The minimum absolute atomic E-state index is 0.00473. The molecule has 0 radical (unpaired) electrons. The normalized spacial score (nSPS) is 13.7. The minimum Gasteiger partial charge on any atom is -0.377 e. The molecule has 0 saturated carbocycles. The van der Waals surface area contributed by atoms with Gasteiger partial charge in [0.25, 0.3) is 5.91 Å². The van der Waals surface area contributed by atoms with E-state index in [1.54, 1.807) is 30.6 Å². The zero-order valence-electron chi connectivity index (χ0n) is 17.2. The highest BCUT2D eigenvalue weighted by molar-refractivity contribution is 6.30. The molecular formula is C23H22ClFN4O2. The molecule has 2 aromatic heterocycles. The third-order valence-electron chi connectivity index (χ3n) is 5.07. The third-order valence-corrected chi connectivity index (χ3v) is 5.30. The molecule has 3 aromatic rings. The number of hydrogen-bond acceptors (Lipinski definition) is 5. The number of nitrogens with one attached hydrogen (secondary N) is 2. The lowest BCUT2D eigenvalue weighted by Gasteiger charge is -2.27. The lowest BCUT2D eigenvalue weighted by Crippen LogP contribution is -2.48. The van der Waals surface area contributed by atoms with Gasteiger partial charge in [0.1, 0.15) is 5.82 Å². The largest absolute Gasteiger partial charge is 0.377 e. The number of carbonyl (C=O) groups is 1. The Balaban J connectivity index is 1.71.